The van der Waals surface area contributed by atoms with Crippen molar-refractivity contribution in [3.8, 4) is 0 Å². The highest BCUT2D eigenvalue weighted by Crippen LogP contribution is 2.19. The fraction of sp³-hybridized carbons (Fsp3) is 0.750. The van der Waals surface area contributed by atoms with Gasteiger partial charge in [-0.1, -0.05) is 13.8 Å². The van der Waals surface area contributed by atoms with E-state index in [1.54, 1.807) is 0 Å². The fourth-order valence-corrected chi connectivity index (χ4v) is 0.730. The number of rotatable bonds is 5. The van der Waals surface area contributed by atoms with Crippen molar-refractivity contribution in [3.63, 3.8) is 0 Å². The summed E-state index contributed by atoms with van der Waals surface area (Å²) in [5.74, 6) is 0. The average Bonchev–Trinajstić information content (AvgIpc) is 2.01. The predicted molar refractivity (Wildman–Crippen MR) is 44.4 cm³/mol. The standard InChI is InChI=1S/C8H12N2O2/c1-8(2,5-10-7-12)3-4-9-6-11/h3-5H2,1-2H3. The Kier molecular flexibility index (Phi) is 4.86. The van der Waals surface area contributed by atoms with Gasteiger partial charge in [-0.25, -0.2) is 19.6 Å². The SMILES string of the molecule is CC(C)(CCN=C=O)CN=C=O. The second-order valence-corrected chi connectivity index (χ2v) is 3.29. The number of hydrogen-bond donors (Lipinski definition) is 0. The Bertz CT molecular complexity index is 223. The molecule has 0 aromatic carbocycles. The van der Waals surface area contributed by atoms with Crippen LogP contribution in [0.5, 0.6) is 0 Å². The van der Waals surface area contributed by atoms with E-state index in [0.717, 1.165) is 0 Å². The quantitative estimate of drug-likeness (QED) is 0.455. The molecular weight excluding hydrogens is 156 g/mol. The van der Waals surface area contributed by atoms with E-state index in [1.165, 1.54) is 12.2 Å². The van der Waals surface area contributed by atoms with Crippen LogP contribution >= 0.6 is 0 Å². The van der Waals surface area contributed by atoms with Gasteiger partial charge >= 0.3 is 0 Å². The molecule has 0 rings (SSSR count). The van der Waals surface area contributed by atoms with Crippen LogP contribution < -0.4 is 0 Å². The number of aliphatic imine (C=N–C) groups is 2. The second-order valence-electron chi connectivity index (χ2n) is 3.29. The van der Waals surface area contributed by atoms with Gasteiger partial charge < -0.3 is 0 Å². The van der Waals surface area contributed by atoms with Gasteiger partial charge in [0.25, 0.3) is 0 Å². The molecule has 4 heteroatoms. The smallest absolute Gasteiger partial charge is 0.211 e. The third kappa shape index (κ3) is 5.54. The van der Waals surface area contributed by atoms with E-state index in [4.69, 9.17) is 0 Å². The summed E-state index contributed by atoms with van der Waals surface area (Å²) < 4.78 is 0. The van der Waals surface area contributed by atoms with Gasteiger partial charge in [0.2, 0.25) is 12.2 Å². The minimum Gasteiger partial charge on any atom is -0.211 e. The molecule has 0 aromatic rings. The van der Waals surface area contributed by atoms with Crippen LogP contribution in [-0.4, -0.2) is 25.2 Å². The lowest BCUT2D eigenvalue weighted by atomic mass is 9.90. The lowest BCUT2D eigenvalue weighted by Gasteiger charge is -2.19. The minimum absolute atomic E-state index is 0.0994. The molecule has 66 valence electrons. The Morgan fingerprint density at radius 2 is 1.75 bits per heavy atom. The predicted octanol–water partition coefficient (Wildman–Crippen LogP) is 1.07. The van der Waals surface area contributed by atoms with Crippen LogP contribution in [0, 0.1) is 5.41 Å². The van der Waals surface area contributed by atoms with Crippen molar-refractivity contribution in [2.24, 2.45) is 15.4 Å². The Labute approximate surface area is 71.4 Å². The van der Waals surface area contributed by atoms with Gasteiger partial charge in [0.05, 0.1) is 13.1 Å². The summed E-state index contributed by atoms with van der Waals surface area (Å²) in [6, 6.07) is 0. The molecule has 0 amide bonds. The van der Waals surface area contributed by atoms with Crippen molar-refractivity contribution in [1.29, 1.82) is 0 Å². The van der Waals surface area contributed by atoms with Gasteiger partial charge in [-0.05, 0) is 11.8 Å². The molecule has 0 N–H and O–H groups in total. The lowest BCUT2D eigenvalue weighted by molar-refractivity contribution is 0.354. The molecule has 0 saturated carbocycles. The monoisotopic (exact) mass is 168 g/mol. The van der Waals surface area contributed by atoms with Crippen molar-refractivity contribution in [3.05, 3.63) is 0 Å². The number of carbonyl (C=O) groups excluding carboxylic acids is 2. The van der Waals surface area contributed by atoms with Crippen LogP contribution in [0.3, 0.4) is 0 Å². The molecule has 0 bridgehead atoms. The summed E-state index contributed by atoms with van der Waals surface area (Å²) >= 11 is 0. The van der Waals surface area contributed by atoms with Crippen LogP contribution in [0.15, 0.2) is 9.98 Å². The van der Waals surface area contributed by atoms with Crippen LogP contribution in [-0.2, 0) is 9.59 Å². The van der Waals surface area contributed by atoms with E-state index in [0.29, 0.717) is 19.5 Å². The number of isocyanates is 2. The molecule has 0 radical (unpaired) electrons. The van der Waals surface area contributed by atoms with Crippen molar-refractivity contribution in [1.82, 2.24) is 0 Å². The lowest BCUT2D eigenvalue weighted by Crippen LogP contribution is -2.16. The molecule has 12 heavy (non-hydrogen) atoms. The topological polar surface area (TPSA) is 58.9 Å². The van der Waals surface area contributed by atoms with Gasteiger partial charge in [-0.2, -0.15) is 0 Å². The Hall–Kier alpha value is -1.24. The van der Waals surface area contributed by atoms with E-state index >= 15 is 0 Å². The van der Waals surface area contributed by atoms with Crippen LogP contribution in [0.25, 0.3) is 0 Å². The van der Waals surface area contributed by atoms with E-state index in [9.17, 15) is 9.59 Å². The fourth-order valence-electron chi connectivity index (χ4n) is 0.730. The van der Waals surface area contributed by atoms with Gasteiger partial charge in [-0.15, -0.1) is 0 Å². The molecule has 0 fully saturated rings. The zero-order chi connectivity index (χ0) is 9.45. The van der Waals surface area contributed by atoms with Gasteiger partial charge in [0.15, 0.2) is 0 Å². The van der Waals surface area contributed by atoms with Crippen molar-refractivity contribution in [2.75, 3.05) is 13.1 Å². The summed E-state index contributed by atoms with van der Waals surface area (Å²) in [5, 5.41) is 0. The Morgan fingerprint density at radius 1 is 1.17 bits per heavy atom. The first kappa shape index (κ1) is 10.8. The Balaban J connectivity index is 3.85. The molecule has 0 heterocycles. The maximum atomic E-state index is 9.80. The Morgan fingerprint density at radius 3 is 2.25 bits per heavy atom. The van der Waals surface area contributed by atoms with E-state index in [2.05, 4.69) is 9.98 Å². The largest absolute Gasteiger partial charge is 0.234 e. The molecule has 0 saturated heterocycles. The summed E-state index contributed by atoms with van der Waals surface area (Å²) in [4.78, 5) is 26.4. The second kappa shape index (κ2) is 5.42. The molecule has 0 aliphatic rings. The normalized spacial score (nSPS) is 9.83. The molecule has 0 atom stereocenters. The minimum atomic E-state index is -0.0994. The van der Waals surface area contributed by atoms with Gasteiger partial charge in [0.1, 0.15) is 0 Å². The van der Waals surface area contributed by atoms with E-state index in [-0.39, 0.29) is 5.41 Å². The molecular formula is C8H12N2O2. The highest BCUT2D eigenvalue weighted by atomic mass is 16.1. The van der Waals surface area contributed by atoms with E-state index in [1.807, 2.05) is 13.8 Å². The van der Waals surface area contributed by atoms with Crippen molar-refractivity contribution in [2.45, 2.75) is 20.3 Å². The molecule has 0 aliphatic carbocycles. The van der Waals surface area contributed by atoms with Gasteiger partial charge in [0, 0.05) is 0 Å². The maximum Gasteiger partial charge on any atom is 0.234 e. The highest BCUT2D eigenvalue weighted by molar-refractivity contribution is 5.33. The molecule has 0 aromatic heterocycles. The summed E-state index contributed by atoms with van der Waals surface area (Å²) in [7, 11) is 0. The highest BCUT2D eigenvalue weighted by Gasteiger charge is 2.16. The number of nitrogens with zero attached hydrogens (tertiary/aromatic N) is 2. The first-order valence-electron chi connectivity index (χ1n) is 3.70. The summed E-state index contributed by atoms with van der Waals surface area (Å²) in [6.07, 6.45) is 3.66. The molecule has 4 nitrogen and oxygen atoms in total. The first-order valence-corrected chi connectivity index (χ1v) is 3.70. The zero-order valence-electron chi connectivity index (χ0n) is 7.33. The van der Waals surface area contributed by atoms with Crippen LogP contribution in [0.1, 0.15) is 20.3 Å². The first-order chi connectivity index (χ1) is 5.62. The third-order valence-corrected chi connectivity index (χ3v) is 1.54. The third-order valence-electron chi connectivity index (χ3n) is 1.54. The summed E-state index contributed by atoms with van der Waals surface area (Å²) in [6.45, 7) is 4.76. The van der Waals surface area contributed by atoms with Crippen molar-refractivity contribution >= 4 is 12.2 Å². The molecule has 0 spiro atoms. The molecule has 0 unspecified atom stereocenters. The van der Waals surface area contributed by atoms with Crippen LogP contribution in [0.4, 0.5) is 0 Å². The molecule has 0 aliphatic heterocycles. The number of hydrogen-bond acceptors (Lipinski definition) is 4. The summed E-state index contributed by atoms with van der Waals surface area (Å²) in [5.41, 5.74) is -0.0994. The maximum absolute atomic E-state index is 9.80. The average molecular weight is 168 g/mol. The van der Waals surface area contributed by atoms with E-state index < -0.39 is 0 Å². The van der Waals surface area contributed by atoms with Crippen molar-refractivity contribution < 1.29 is 9.59 Å². The van der Waals surface area contributed by atoms with Gasteiger partial charge in [-0.3, -0.25) is 0 Å². The van der Waals surface area contributed by atoms with Crippen LogP contribution in [0.2, 0.25) is 0 Å². The zero-order valence-corrected chi connectivity index (χ0v) is 7.33.